The predicted molar refractivity (Wildman–Crippen MR) is 73.8 cm³/mol. The number of hydrogen-bond donors (Lipinski definition) is 1. The molecular formula is C15H13N3O2. The Kier molecular flexibility index (Phi) is 3.38. The monoisotopic (exact) mass is 267 g/mol. The maximum absolute atomic E-state index is 9.00. The number of anilines is 1. The standard InChI is InChI=1S/C15H13N3O2/c16-8-11-4-3-7-17-15(11)18-9-12-10-19-13-5-1-2-6-14(13)20-12/h1-7,12H,9-10H2,(H,17,18)/t12-/m0/s1. The summed E-state index contributed by atoms with van der Waals surface area (Å²) in [5.41, 5.74) is 0.518. The lowest BCUT2D eigenvalue weighted by molar-refractivity contribution is 0.0997. The number of para-hydroxylation sites is 2. The molecule has 0 radical (unpaired) electrons. The number of fused-ring (bicyclic) bond motifs is 1. The van der Waals surface area contributed by atoms with Crippen LogP contribution >= 0.6 is 0 Å². The average molecular weight is 267 g/mol. The van der Waals surface area contributed by atoms with E-state index in [-0.39, 0.29) is 6.10 Å². The first-order valence-electron chi connectivity index (χ1n) is 6.34. The van der Waals surface area contributed by atoms with Crippen LogP contribution in [0.3, 0.4) is 0 Å². The topological polar surface area (TPSA) is 67.2 Å². The molecule has 0 unspecified atom stereocenters. The van der Waals surface area contributed by atoms with Crippen molar-refractivity contribution in [1.29, 1.82) is 5.26 Å². The molecule has 20 heavy (non-hydrogen) atoms. The molecule has 0 aliphatic carbocycles. The third kappa shape index (κ3) is 2.50. The number of rotatable bonds is 3. The van der Waals surface area contributed by atoms with Crippen LogP contribution in [-0.2, 0) is 0 Å². The van der Waals surface area contributed by atoms with Gasteiger partial charge in [-0.05, 0) is 24.3 Å². The van der Waals surface area contributed by atoms with Crippen molar-refractivity contribution < 1.29 is 9.47 Å². The van der Waals surface area contributed by atoms with Crippen molar-refractivity contribution in [1.82, 2.24) is 4.98 Å². The molecule has 2 heterocycles. The van der Waals surface area contributed by atoms with Crippen molar-refractivity contribution >= 4 is 5.82 Å². The van der Waals surface area contributed by atoms with Crippen molar-refractivity contribution in [2.75, 3.05) is 18.5 Å². The first-order chi connectivity index (χ1) is 9.86. The Morgan fingerprint density at radius 3 is 2.95 bits per heavy atom. The van der Waals surface area contributed by atoms with Crippen molar-refractivity contribution in [3.8, 4) is 17.6 Å². The number of aromatic nitrogens is 1. The van der Waals surface area contributed by atoms with E-state index in [0.717, 1.165) is 11.5 Å². The number of nitriles is 1. The van der Waals surface area contributed by atoms with Gasteiger partial charge in [0.1, 0.15) is 24.6 Å². The Morgan fingerprint density at radius 2 is 2.10 bits per heavy atom. The van der Waals surface area contributed by atoms with Crippen LogP contribution in [0.1, 0.15) is 5.56 Å². The zero-order valence-electron chi connectivity index (χ0n) is 10.7. The fourth-order valence-electron chi connectivity index (χ4n) is 2.01. The maximum atomic E-state index is 9.00. The van der Waals surface area contributed by atoms with E-state index in [1.165, 1.54) is 0 Å². The van der Waals surface area contributed by atoms with E-state index < -0.39 is 0 Å². The minimum absolute atomic E-state index is 0.113. The lowest BCUT2D eigenvalue weighted by Crippen LogP contribution is -2.35. The van der Waals surface area contributed by atoms with Crippen LogP contribution in [0.5, 0.6) is 11.5 Å². The molecule has 1 aliphatic rings. The third-order valence-electron chi connectivity index (χ3n) is 2.99. The summed E-state index contributed by atoms with van der Waals surface area (Å²) >= 11 is 0. The number of nitrogens with one attached hydrogen (secondary N) is 1. The molecular weight excluding hydrogens is 254 g/mol. The molecule has 0 saturated carbocycles. The van der Waals surface area contributed by atoms with Crippen molar-refractivity contribution in [3.05, 3.63) is 48.2 Å². The summed E-state index contributed by atoms with van der Waals surface area (Å²) in [5, 5.41) is 12.1. The normalized spacial score (nSPS) is 16.2. The summed E-state index contributed by atoms with van der Waals surface area (Å²) < 4.78 is 11.5. The van der Waals surface area contributed by atoms with Crippen LogP contribution in [0.4, 0.5) is 5.82 Å². The van der Waals surface area contributed by atoms with Crippen molar-refractivity contribution in [3.63, 3.8) is 0 Å². The van der Waals surface area contributed by atoms with E-state index in [9.17, 15) is 0 Å². The zero-order valence-corrected chi connectivity index (χ0v) is 10.7. The highest BCUT2D eigenvalue weighted by Crippen LogP contribution is 2.30. The predicted octanol–water partition coefficient (Wildman–Crippen LogP) is 2.21. The molecule has 100 valence electrons. The van der Waals surface area contributed by atoms with Crippen molar-refractivity contribution in [2.45, 2.75) is 6.10 Å². The van der Waals surface area contributed by atoms with Crippen LogP contribution in [0.2, 0.25) is 0 Å². The Hall–Kier alpha value is -2.74. The molecule has 0 spiro atoms. The van der Waals surface area contributed by atoms with Crippen LogP contribution in [-0.4, -0.2) is 24.2 Å². The van der Waals surface area contributed by atoms with Gasteiger partial charge in [0.2, 0.25) is 0 Å². The Bertz CT molecular complexity index is 652. The number of hydrogen-bond acceptors (Lipinski definition) is 5. The smallest absolute Gasteiger partial charge is 0.161 e. The summed E-state index contributed by atoms with van der Waals surface area (Å²) in [6.07, 6.45) is 1.54. The molecule has 0 fully saturated rings. The van der Waals surface area contributed by atoms with Gasteiger partial charge in [-0.2, -0.15) is 5.26 Å². The van der Waals surface area contributed by atoms with Crippen LogP contribution in [0, 0.1) is 11.3 Å². The summed E-state index contributed by atoms with van der Waals surface area (Å²) in [4.78, 5) is 4.15. The molecule has 0 amide bonds. The van der Waals surface area contributed by atoms with Gasteiger partial charge in [0.25, 0.3) is 0 Å². The number of benzene rings is 1. The number of nitrogens with zero attached hydrogens (tertiary/aromatic N) is 2. The van der Waals surface area contributed by atoms with Crippen LogP contribution in [0.25, 0.3) is 0 Å². The highest BCUT2D eigenvalue weighted by atomic mass is 16.6. The third-order valence-corrected chi connectivity index (χ3v) is 2.99. The van der Waals surface area contributed by atoms with Crippen LogP contribution < -0.4 is 14.8 Å². The molecule has 1 N–H and O–H groups in total. The Labute approximate surface area is 116 Å². The Balaban J connectivity index is 1.65. The summed E-state index contributed by atoms with van der Waals surface area (Å²) in [6, 6.07) is 13.1. The highest BCUT2D eigenvalue weighted by molar-refractivity contribution is 5.51. The molecule has 0 bridgehead atoms. The van der Waals surface area contributed by atoms with Gasteiger partial charge in [-0.3, -0.25) is 0 Å². The minimum atomic E-state index is -0.113. The van der Waals surface area contributed by atoms with Crippen molar-refractivity contribution in [2.24, 2.45) is 0 Å². The minimum Gasteiger partial charge on any atom is -0.486 e. The van der Waals surface area contributed by atoms with Gasteiger partial charge in [-0.1, -0.05) is 12.1 Å². The number of ether oxygens (including phenoxy) is 2. The molecule has 5 heteroatoms. The lowest BCUT2D eigenvalue weighted by Gasteiger charge is -2.26. The van der Waals surface area contributed by atoms with E-state index in [0.29, 0.717) is 24.5 Å². The summed E-state index contributed by atoms with van der Waals surface area (Å²) in [6.45, 7) is 0.999. The first-order valence-corrected chi connectivity index (χ1v) is 6.34. The molecule has 2 aromatic rings. The van der Waals surface area contributed by atoms with E-state index in [4.69, 9.17) is 14.7 Å². The molecule has 1 atom stereocenters. The lowest BCUT2D eigenvalue weighted by atomic mass is 10.2. The number of pyridine rings is 1. The molecule has 3 rings (SSSR count). The van der Waals surface area contributed by atoms with Gasteiger partial charge >= 0.3 is 0 Å². The second-order valence-corrected chi connectivity index (χ2v) is 4.39. The van der Waals surface area contributed by atoms with Gasteiger partial charge < -0.3 is 14.8 Å². The molecule has 5 nitrogen and oxygen atoms in total. The van der Waals surface area contributed by atoms with E-state index in [2.05, 4.69) is 16.4 Å². The van der Waals surface area contributed by atoms with Crippen LogP contribution in [0.15, 0.2) is 42.6 Å². The molecule has 0 saturated heterocycles. The average Bonchev–Trinajstić information content (AvgIpc) is 2.53. The summed E-state index contributed by atoms with van der Waals surface area (Å²) in [7, 11) is 0. The van der Waals surface area contributed by atoms with E-state index in [1.54, 1.807) is 18.3 Å². The largest absolute Gasteiger partial charge is 0.486 e. The summed E-state index contributed by atoms with van der Waals surface area (Å²) in [5.74, 6) is 2.07. The fourth-order valence-corrected chi connectivity index (χ4v) is 2.01. The van der Waals surface area contributed by atoms with Gasteiger partial charge in [0, 0.05) is 6.20 Å². The Morgan fingerprint density at radius 1 is 1.25 bits per heavy atom. The first kappa shape index (κ1) is 12.3. The SMILES string of the molecule is N#Cc1cccnc1NC[C@H]1COc2ccccc2O1. The fraction of sp³-hybridized carbons (Fsp3) is 0.200. The van der Waals surface area contributed by atoms with E-state index in [1.807, 2.05) is 24.3 Å². The van der Waals surface area contributed by atoms with Gasteiger partial charge in [0.05, 0.1) is 12.1 Å². The second kappa shape index (κ2) is 5.49. The van der Waals surface area contributed by atoms with Gasteiger partial charge in [0.15, 0.2) is 11.5 Å². The second-order valence-electron chi connectivity index (χ2n) is 4.39. The quantitative estimate of drug-likeness (QED) is 0.923. The molecule has 1 aromatic heterocycles. The highest BCUT2D eigenvalue weighted by Gasteiger charge is 2.20. The maximum Gasteiger partial charge on any atom is 0.161 e. The molecule has 1 aromatic carbocycles. The molecule has 1 aliphatic heterocycles. The van der Waals surface area contributed by atoms with E-state index >= 15 is 0 Å². The van der Waals surface area contributed by atoms with Gasteiger partial charge in [-0.25, -0.2) is 4.98 Å². The van der Waals surface area contributed by atoms with Gasteiger partial charge in [-0.15, -0.1) is 0 Å². The zero-order chi connectivity index (χ0) is 13.8.